The van der Waals surface area contributed by atoms with Gasteiger partial charge in [-0.2, -0.15) is 13.2 Å². The molecule has 190 valence electrons. The number of rotatable bonds is 10. The lowest BCUT2D eigenvalue weighted by Crippen LogP contribution is -2.25. The summed E-state index contributed by atoms with van der Waals surface area (Å²) in [6.07, 6.45) is -0.124. The van der Waals surface area contributed by atoms with Gasteiger partial charge in [0.2, 0.25) is 0 Å². The molecule has 2 rings (SSSR count). The molecule has 2 aromatic rings. The van der Waals surface area contributed by atoms with Crippen molar-refractivity contribution < 1.29 is 37.0 Å². The summed E-state index contributed by atoms with van der Waals surface area (Å²) in [7, 11) is 2.07. The molecule has 0 spiro atoms. The van der Waals surface area contributed by atoms with Crippen LogP contribution < -0.4 is 15.4 Å². The van der Waals surface area contributed by atoms with Gasteiger partial charge in [-0.15, -0.1) is 0 Å². The maximum atomic E-state index is 13.3. The van der Waals surface area contributed by atoms with E-state index in [9.17, 15) is 22.8 Å². The van der Waals surface area contributed by atoms with Crippen LogP contribution in [0.25, 0.3) is 0 Å². The van der Waals surface area contributed by atoms with Crippen LogP contribution in [-0.2, 0) is 25.2 Å². The molecule has 36 heavy (non-hydrogen) atoms. The first-order valence-electron chi connectivity index (χ1n) is 10.1. The number of ether oxygens (including phenoxy) is 3. The summed E-state index contributed by atoms with van der Waals surface area (Å²) in [6.45, 7) is 7.22. The molecule has 0 fully saturated rings. The van der Waals surface area contributed by atoms with Crippen LogP contribution in [0.5, 0.6) is 5.75 Å². The third-order valence-corrected chi connectivity index (χ3v) is 4.74. The van der Waals surface area contributed by atoms with E-state index in [1.54, 1.807) is 30.3 Å². The van der Waals surface area contributed by atoms with Gasteiger partial charge in [-0.1, -0.05) is 30.8 Å². The lowest BCUT2D eigenvalue weighted by Gasteiger charge is -2.18. The third-order valence-electron chi connectivity index (χ3n) is 4.41. The number of alkyl halides is 3. The third kappa shape index (κ3) is 7.41. The van der Waals surface area contributed by atoms with Crippen LogP contribution in [0.2, 0.25) is 5.02 Å². The zero-order chi connectivity index (χ0) is 26.9. The van der Waals surface area contributed by atoms with E-state index in [-0.39, 0.29) is 11.5 Å². The number of anilines is 2. The van der Waals surface area contributed by atoms with Crippen LogP contribution in [-0.4, -0.2) is 26.2 Å². The quantitative estimate of drug-likeness (QED) is 0.0977. The number of hydrogen-bond acceptors (Lipinski definition) is 7. The minimum absolute atomic E-state index is 0.121. The van der Waals surface area contributed by atoms with Crippen LogP contribution in [0, 0.1) is 0 Å². The van der Waals surface area contributed by atoms with Crippen LogP contribution in [0.1, 0.15) is 5.56 Å². The second-order valence-electron chi connectivity index (χ2n) is 6.81. The van der Waals surface area contributed by atoms with Gasteiger partial charge in [0, 0.05) is 11.4 Å². The Morgan fingerprint density at radius 3 is 2.00 bits per heavy atom. The van der Waals surface area contributed by atoms with Gasteiger partial charge in [-0.3, -0.25) is 0 Å². The zero-order valence-corrected chi connectivity index (χ0v) is 20.0. The van der Waals surface area contributed by atoms with Crippen LogP contribution in [0.3, 0.4) is 0 Å². The molecular weight excluding hydrogens is 501 g/mol. The summed E-state index contributed by atoms with van der Waals surface area (Å²) >= 11 is 5.69. The number of methoxy groups -OCH3 is 2. The summed E-state index contributed by atoms with van der Waals surface area (Å²) in [6, 6.07) is 9.23. The highest BCUT2D eigenvalue weighted by molar-refractivity contribution is 6.31. The number of benzene rings is 2. The van der Waals surface area contributed by atoms with E-state index in [2.05, 4.69) is 33.3 Å². The van der Waals surface area contributed by atoms with Gasteiger partial charge in [0.15, 0.2) is 5.57 Å². The first kappa shape index (κ1) is 28.1. The van der Waals surface area contributed by atoms with Gasteiger partial charge in [-0.05, 0) is 54.6 Å². The Balaban J connectivity index is 2.51. The summed E-state index contributed by atoms with van der Waals surface area (Å²) in [4.78, 5) is 24.8. The molecule has 0 amide bonds. The molecule has 2 aromatic carbocycles. The molecule has 0 saturated carbocycles. The number of allylic oxidation sites excluding steroid dienone is 3. The molecule has 0 aliphatic rings. The fraction of sp³-hybridized carbons (Fsp3) is 0.120. The number of esters is 2. The Hall–Kier alpha value is -4.18. The number of carbonyl (C=O) groups is 2. The van der Waals surface area contributed by atoms with Crippen LogP contribution in [0.15, 0.2) is 91.0 Å². The summed E-state index contributed by atoms with van der Waals surface area (Å²) in [5.74, 6) is -1.61. The van der Waals surface area contributed by atoms with Gasteiger partial charge in [-0.25, -0.2) is 9.59 Å². The molecule has 7 nitrogen and oxygen atoms in total. The average molecular weight is 523 g/mol. The Kier molecular flexibility index (Phi) is 9.74. The van der Waals surface area contributed by atoms with Crippen molar-refractivity contribution in [1.29, 1.82) is 0 Å². The van der Waals surface area contributed by atoms with Crippen LogP contribution in [0.4, 0.5) is 24.5 Å². The maximum Gasteiger partial charge on any atom is 0.417 e. The lowest BCUT2D eigenvalue weighted by molar-refractivity contribution is -0.144. The highest BCUT2D eigenvalue weighted by Gasteiger charge is 2.34. The molecule has 0 atom stereocenters. The lowest BCUT2D eigenvalue weighted by atomic mass is 10.1. The van der Waals surface area contributed by atoms with E-state index in [4.69, 9.17) is 16.3 Å². The predicted octanol–water partition coefficient (Wildman–Crippen LogP) is 6.08. The van der Waals surface area contributed by atoms with Crippen LogP contribution >= 0.6 is 11.6 Å². The summed E-state index contributed by atoms with van der Waals surface area (Å²) < 4.78 is 54.9. The minimum atomic E-state index is -4.74. The monoisotopic (exact) mass is 522 g/mol. The highest BCUT2D eigenvalue weighted by atomic mass is 35.5. The Labute approximate surface area is 210 Å². The predicted molar refractivity (Wildman–Crippen MR) is 130 cm³/mol. The molecule has 0 unspecified atom stereocenters. The van der Waals surface area contributed by atoms with E-state index >= 15 is 0 Å². The van der Waals surface area contributed by atoms with Gasteiger partial charge < -0.3 is 24.8 Å². The SMILES string of the molecule is C=C/C=C(\C=C)Oc1ccc(NC(Nc2ccc(Cl)c(C(F)(F)F)c2)=C(C(=O)OC)C(=O)OC)cc1. The van der Waals surface area contributed by atoms with Crippen molar-refractivity contribution in [3.8, 4) is 5.75 Å². The first-order chi connectivity index (χ1) is 17.0. The average Bonchev–Trinajstić information content (AvgIpc) is 2.85. The molecule has 0 aromatic heterocycles. The van der Waals surface area contributed by atoms with Gasteiger partial charge in [0.1, 0.15) is 17.3 Å². The summed E-state index contributed by atoms with van der Waals surface area (Å²) in [5, 5.41) is 4.89. The van der Waals surface area contributed by atoms with Crippen molar-refractivity contribution in [2.75, 3.05) is 24.9 Å². The Morgan fingerprint density at radius 1 is 0.944 bits per heavy atom. The minimum Gasteiger partial charge on any atom is -0.465 e. The van der Waals surface area contributed by atoms with Crippen molar-refractivity contribution >= 4 is 34.9 Å². The van der Waals surface area contributed by atoms with E-state index in [0.717, 1.165) is 26.4 Å². The normalized spacial score (nSPS) is 11.1. The van der Waals surface area contributed by atoms with Crippen molar-refractivity contribution in [2.45, 2.75) is 6.18 Å². The standard InChI is InChI=1S/C25H22ClF3N2O5/c1-5-7-17(6-2)36-18-11-8-15(9-12-18)30-22(21(23(32)34-3)24(33)35-4)31-16-10-13-20(26)19(14-16)25(27,28)29/h5-14,30-31H,1-2H2,3-4H3/b17-7+. The van der Waals surface area contributed by atoms with Gasteiger partial charge in [0.25, 0.3) is 0 Å². The molecule has 2 N–H and O–H groups in total. The van der Waals surface area contributed by atoms with Crippen molar-refractivity contribution in [3.05, 3.63) is 102 Å². The zero-order valence-electron chi connectivity index (χ0n) is 19.2. The van der Waals surface area contributed by atoms with Crippen molar-refractivity contribution in [1.82, 2.24) is 0 Å². The molecular formula is C25H22ClF3N2O5. The first-order valence-corrected chi connectivity index (χ1v) is 10.5. The Morgan fingerprint density at radius 2 is 1.50 bits per heavy atom. The number of nitrogens with one attached hydrogen (secondary N) is 2. The fourth-order valence-electron chi connectivity index (χ4n) is 2.76. The molecule has 0 bridgehead atoms. The van der Waals surface area contributed by atoms with E-state index < -0.39 is 34.3 Å². The molecule has 0 aliphatic carbocycles. The molecule has 0 heterocycles. The van der Waals surface area contributed by atoms with E-state index in [1.807, 2.05) is 0 Å². The molecule has 11 heteroatoms. The number of halogens is 4. The smallest absolute Gasteiger partial charge is 0.417 e. The second-order valence-corrected chi connectivity index (χ2v) is 7.22. The molecule has 0 radical (unpaired) electrons. The number of hydrogen-bond donors (Lipinski definition) is 2. The molecule has 0 saturated heterocycles. The van der Waals surface area contributed by atoms with E-state index in [1.165, 1.54) is 18.2 Å². The fourth-order valence-corrected chi connectivity index (χ4v) is 2.98. The van der Waals surface area contributed by atoms with Crippen molar-refractivity contribution in [3.63, 3.8) is 0 Å². The second kappa shape index (κ2) is 12.5. The van der Waals surface area contributed by atoms with Gasteiger partial charge >= 0.3 is 18.1 Å². The summed E-state index contributed by atoms with van der Waals surface area (Å²) in [5.41, 5.74) is -1.51. The Bertz CT molecular complexity index is 1190. The maximum absolute atomic E-state index is 13.3. The topological polar surface area (TPSA) is 85.9 Å². The highest BCUT2D eigenvalue weighted by Crippen LogP contribution is 2.36. The largest absolute Gasteiger partial charge is 0.465 e. The molecule has 0 aliphatic heterocycles. The van der Waals surface area contributed by atoms with Gasteiger partial charge in [0.05, 0.1) is 24.8 Å². The van der Waals surface area contributed by atoms with Crippen molar-refractivity contribution in [2.24, 2.45) is 0 Å². The number of carbonyl (C=O) groups excluding carboxylic acids is 2. The van der Waals surface area contributed by atoms with E-state index in [0.29, 0.717) is 17.2 Å².